The SMILES string of the molecule is CC(C)(C)OC(=O)NC1(CNCc2cnc(Cl)s2)CC1. The molecular weight excluding hydrogens is 298 g/mol. The van der Waals surface area contributed by atoms with Crippen LogP contribution in [0.2, 0.25) is 4.47 Å². The predicted molar refractivity (Wildman–Crippen MR) is 80.2 cm³/mol. The fourth-order valence-corrected chi connectivity index (χ4v) is 2.75. The lowest BCUT2D eigenvalue weighted by Crippen LogP contribution is -2.46. The Morgan fingerprint density at radius 2 is 2.25 bits per heavy atom. The van der Waals surface area contributed by atoms with E-state index < -0.39 is 5.60 Å². The molecule has 5 nitrogen and oxygen atoms in total. The molecule has 1 aromatic heterocycles. The van der Waals surface area contributed by atoms with Gasteiger partial charge >= 0.3 is 6.09 Å². The Morgan fingerprint density at radius 1 is 1.55 bits per heavy atom. The highest BCUT2D eigenvalue weighted by atomic mass is 35.5. The molecule has 1 heterocycles. The zero-order valence-electron chi connectivity index (χ0n) is 12.0. The van der Waals surface area contributed by atoms with Gasteiger partial charge in [-0.15, -0.1) is 11.3 Å². The van der Waals surface area contributed by atoms with Gasteiger partial charge in [0.1, 0.15) is 5.60 Å². The Kier molecular flexibility index (Phi) is 4.56. The smallest absolute Gasteiger partial charge is 0.408 e. The number of amides is 1. The number of ether oxygens (including phenoxy) is 1. The summed E-state index contributed by atoms with van der Waals surface area (Å²) in [5.74, 6) is 0. The number of carbonyl (C=O) groups excluding carboxylic acids is 1. The molecule has 0 unspecified atom stereocenters. The van der Waals surface area contributed by atoms with E-state index in [9.17, 15) is 4.79 Å². The average Bonchev–Trinajstić information content (AvgIpc) is 2.90. The standard InChI is InChI=1S/C13H20ClN3O2S/c1-12(2,3)19-11(18)17-13(4-5-13)8-15-6-9-7-16-10(14)20-9/h7,15H,4-6,8H2,1-3H3,(H,17,18). The van der Waals surface area contributed by atoms with Gasteiger partial charge in [-0.3, -0.25) is 0 Å². The molecular formula is C13H20ClN3O2S. The maximum atomic E-state index is 11.8. The van der Waals surface area contributed by atoms with Crippen molar-refractivity contribution in [3.8, 4) is 0 Å². The molecule has 1 aliphatic rings. The molecule has 1 amide bonds. The van der Waals surface area contributed by atoms with Crippen molar-refractivity contribution in [1.29, 1.82) is 0 Å². The van der Waals surface area contributed by atoms with E-state index in [2.05, 4.69) is 15.6 Å². The second-order valence-electron chi connectivity index (χ2n) is 6.09. The lowest BCUT2D eigenvalue weighted by molar-refractivity contribution is 0.0496. The lowest BCUT2D eigenvalue weighted by atomic mass is 10.2. The van der Waals surface area contributed by atoms with Crippen LogP contribution >= 0.6 is 22.9 Å². The van der Waals surface area contributed by atoms with Gasteiger partial charge in [-0.1, -0.05) is 11.6 Å². The molecule has 0 atom stereocenters. The molecule has 2 N–H and O–H groups in total. The van der Waals surface area contributed by atoms with E-state index in [1.807, 2.05) is 20.8 Å². The van der Waals surface area contributed by atoms with Crippen LogP contribution in [0.4, 0.5) is 4.79 Å². The van der Waals surface area contributed by atoms with Gasteiger partial charge in [0.05, 0.1) is 5.54 Å². The van der Waals surface area contributed by atoms with E-state index in [1.165, 1.54) is 11.3 Å². The maximum absolute atomic E-state index is 11.8. The van der Waals surface area contributed by atoms with Crippen LogP contribution in [0.25, 0.3) is 0 Å². The van der Waals surface area contributed by atoms with Crippen molar-refractivity contribution in [2.45, 2.75) is 51.3 Å². The summed E-state index contributed by atoms with van der Waals surface area (Å²) >= 11 is 7.24. The summed E-state index contributed by atoms with van der Waals surface area (Å²) in [6, 6.07) is 0. The first kappa shape index (κ1) is 15.5. The predicted octanol–water partition coefficient (Wildman–Crippen LogP) is 2.94. The second kappa shape index (κ2) is 5.87. The Hall–Kier alpha value is -0.850. The average molecular weight is 318 g/mol. The molecule has 112 valence electrons. The van der Waals surface area contributed by atoms with Crippen molar-refractivity contribution in [1.82, 2.24) is 15.6 Å². The van der Waals surface area contributed by atoms with Crippen LogP contribution in [0, 0.1) is 0 Å². The van der Waals surface area contributed by atoms with Crippen LogP contribution in [-0.4, -0.2) is 28.8 Å². The highest BCUT2D eigenvalue weighted by molar-refractivity contribution is 7.15. The molecule has 7 heteroatoms. The summed E-state index contributed by atoms with van der Waals surface area (Å²) in [6.45, 7) is 7.01. The van der Waals surface area contributed by atoms with Crippen LogP contribution in [0.5, 0.6) is 0 Å². The number of hydrogen-bond acceptors (Lipinski definition) is 5. The van der Waals surface area contributed by atoms with Gasteiger partial charge in [-0.25, -0.2) is 9.78 Å². The monoisotopic (exact) mass is 317 g/mol. The Morgan fingerprint density at radius 3 is 2.75 bits per heavy atom. The van der Waals surface area contributed by atoms with Crippen LogP contribution < -0.4 is 10.6 Å². The summed E-state index contributed by atoms with van der Waals surface area (Å²) in [6.07, 6.45) is 3.37. The zero-order valence-corrected chi connectivity index (χ0v) is 13.5. The van der Waals surface area contributed by atoms with E-state index in [0.29, 0.717) is 11.0 Å². The lowest BCUT2D eigenvalue weighted by Gasteiger charge is -2.23. The van der Waals surface area contributed by atoms with Crippen LogP contribution in [0.1, 0.15) is 38.5 Å². The number of nitrogens with zero attached hydrogens (tertiary/aromatic N) is 1. The van der Waals surface area contributed by atoms with E-state index in [0.717, 1.165) is 24.3 Å². The van der Waals surface area contributed by atoms with Gasteiger partial charge < -0.3 is 15.4 Å². The minimum absolute atomic E-state index is 0.156. The minimum atomic E-state index is -0.465. The van der Waals surface area contributed by atoms with Crippen molar-refractivity contribution in [3.63, 3.8) is 0 Å². The van der Waals surface area contributed by atoms with Crippen molar-refractivity contribution in [3.05, 3.63) is 15.5 Å². The third-order valence-electron chi connectivity index (χ3n) is 2.91. The molecule has 2 rings (SSSR count). The quantitative estimate of drug-likeness (QED) is 0.876. The van der Waals surface area contributed by atoms with Crippen molar-refractivity contribution in [2.75, 3.05) is 6.54 Å². The van der Waals surface area contributed by atoms with Gasteiger partial charge in [-0.2, -0.15) is 0 Å². The van der Waals surface area contributed by atoms with Gasteiger partial charge in [0.2, 0.25) is 0 Å². The molecule has 1 saturated carbocycles. The largest absolute Gasteiger partial charge is 0.444 e. The molecule has 20 heavy (non-hydrogen) atoms. The summed E-state index contributed by atoms with van der Waals surface area (Å²) < 4.78 is 5.83. The first-order valence-corrected chi connectivity index (χ1v) is 7.80. The number of carbonyl (C=O) groups is 1. The number of halogens is 1. The van der Waals surface area contributed by atoms with E-state index in [-0.39, 0.29) is 11.6 Å². The van der Waals surface area contributed by atoms with E-state index >= 15 is 0 Å². The minimum Gasteiger partial charge on any atom is -0.444 e. The molecule has 1 fully saturated rings. The third-order valence-corrected chi connectivity index (χ3v) is 4.02. The first-order chi connectivity index (χ1) is 9.28. The normalized spacial score (nSPS) is 16.8. The Bertz CT molecular complexity index is 480. The van der Waals surface area contributed by atoms with Crippen LogP contribution in [-0.2, 0) is 11.3 Å². The van der Waals surface area contributed by atoms with Crippen molar-refractivity contribution in [2.24, 2.45) is 0 Å². The molecule has 0 saturated heterocycles. The maximum Gasteiger partial charge on any atom is 0.408 e. The molecule has 0 bridgehead atoms. The number of alkyl carbamates (subject to hydrolysis) is 1. The van der Waals surface area contributed by atoms with Crippen molar-refractivity contribution >= 4 is 29.0 Å². The molecule has 0 aromatic carbocycles. The van der Waals surface area contributed by atoms with Gasteiger partial charge in [0.15, 0.2) is 4.47 Å². The Balaban J connectivity index is 1.73. The van der Waals surface area contributed by atoms with Gasteiger partial charge in [0, 0.05) is 24.2 Å². The van der Waals surface area contributed by atoms with Gasteiger partial charge in [0.25, 0.3) is 0 Å². The van der Waals surface area contributed by atoms with Crippen LogP contribution in [0.3, 0.4) is 0 Å². The van der Waals surface area contributed by atoms with Gasteiger partial charge in [-0.05, 0) is 33.6 Å². The fraction of sp³-hybridized carbons (Fsp3) is 0.692. The number of aromatic nitrogens is 1. The summed E-state index contributed by atoms with van der Waals surface area (Å²) in [7, 11) is 0. The number of rotatable bonds is 5. The van der Waals surface area contributed by atoms with Crippen molar-refractivity contribution < 1.29 is 9.53 Å². The first-order valence-electron chi connectivity index (χ1n) is 6.60. The van der Waals surface area contributed by atoms with Crippen LogP contribution in [0.15, 0.2) is 6.20 Å². The fourth-order valence-electron chi connectivity index (χ4n) is 1.81. The zero-order chi connectivity index (χ0) is 14.8. The topological polar surface area (TPSA) is 63.2 Å². The number of thiazole rings is 1. The second-order valence-corrected chi connectivity index (χ2v) is 7.79. The number of nitrogens with one attached hydrogen (secondary N) is 2. The molecule has 1 aromatic rings. The van der Waals surface area contributed by atoms with E-state index in [1.54, 1.807) is 6.20 Å². The summed E-state index contributed by atoms with van der Waals surface area (Å²) in [4.78, 5) is 16.8. The Labute approximate surface area is 128 Å². The van der Waals surface area contributed by atoms with E-state index in [4.69, 9.17) is 16.3 Å². The third kappa shape index (κ3) is 4.92. The summed E-state index contributed by atoms with van der Waals surface area (Å²) in [5, 5.41) is 6.28. The molecule has 0 radical (unpaired) electrons. The molecule has 1 aliphatic carbocycles. The molecule has 0 spiro atoms. The number of hydrogen-bond donors (Lipinski definition) is 2. The summed E-state index contributed by atoms with van der Waals surface area (Å²) in [5.41, 5.74) is -0.621. The molecule has 0 aliphatic heterocycles. The highest BCUT2D eigenvalue weighted by Gasteiger charge is 2.44. The highest BCUT2D eigenvalue weighted by Crippen LogP contribution is 2.35.